The number of carbonyl (C=O) groups excluding carboxylic acids is 1. The molecule has 1 saturated carbocycles. The summed E-state index contributed by atoms with van der Waals surface area (Å²) in [7, 11) is 0. The molecule has 0 aromatic carbocycles. The van der Waals surface area contributed by atoms with Crippen LogP contribution in [0, 0.1) is 17.8 Å². The maximum Gasteiger partial charge on any atom is 0.309 e. The first-order chi connectivity index (χ1) is 7.24. The normalized spacial score (nSPS) is 38.0. The lowest BCUT2D eigenvalue weighted by molar-refractivity contribution is -0.145. The van der Waals surface area contributed by atoms with Crippen LogP contribution in [0.4, 0.5) is 0 Å². The van der Waals surface area contributed by atoms with Gasteiger partial charge in [0.05, 0.1) is 12.5 Å². The molecule has 2 aliphatic rings. The third-order valence-electron chi connectivity index (χ3n) is 4.02. The van der Waals surface area contributed by atoms with Gasteiger partial charge < -0.3 is 9.84 Å². The number of ether oxygens (including phenoxy) is 1. The van der Waals surface area contributed by atoms with E-state index in [4.69, 9.17) is 4.74 Å². The summed E-state index contributed by atoms with van der Waals surface area (Å²) in [5, 5.41) is 9.23. The molecule has 0 spiro atoms. The maximum atomic E-state index is 11.5. The molecule has 0 unspecified atom stereocenters. The number of hydrogen-bond acceptors (Lipinski definition) is 3. The average molecular weight is 212 g/mol. The Morgan fingerprint density at radius 3 is 2.60 bits per heavy atom. The van der Waals surface area contributed by atoms with Gasteiger partial charge in [0.15, 0.2) is 0 Å². The summed E-state index contributed by atoms with van der Waals surface area (Å²) < 4.78 is 5.20. The molecule has 3 nitrogen and oxygen atoms in total. The van der Waals surface area contributed by atoms with Gasteiger partial charge in [-0.05, 0) is 5.92 Å². The van der Waals surface area contributed by atoms with Crippen molar-refractivity contribution in [3.05, 3.63) is 0 Å². The Kier molecular flexibility index (Phi) is 3.29. The summed E-state index contributed by atoms with van der Waals surface area (Å²) in [6.07, 6.45) is 6.00. The summed E-state index contributed by atoms with van der Waals surface area (Å²) in [6, 6.07) is 0. The molecule has 1 heterocycles. The summed E-state index contributed by atoms with van der Waals surface area (Å²) in [4.78, 5) is 11.5. The van der Waals surface area contributed by atoms with Gasteiger partial charge in [0.25, 0.3) is 0 Å². The number of carbonyl (C=O) groups is 1. The molecular weight excluding hydrogens is 192 g/mol. The van der Waals surface area contributed by atoms with Crippen molar-refractivity contribution >= 4 is 5.97 Å². The Labute approximate surface area is 90.8 Å². The van der Waals surface area contributed by atoms with Gasteiger partial charge in [0.2, 0.25) is 0 Å². The quantitative estimate of drug-likeness (QED) is 0.709. The van der Waals surface area contributed by atoms with Crippen molar-refractivity contribution in [1.82, 2.24) is 0 Å². The van der Waals surface area contributed by atoms with Gasteiger partial charge in [-0.2, -0.15) is 0 Å². The molecule has 0 bridgehead atoms. The van der Waals surface area contributed by atoms with Crippen LogP contribution in [-0.4, -0.2) is 23.8 Å². The molecule has 15 heavy (non-hydrogen) atoms. The highest BCUT2D eigenvalue weighted by Gasteiger charge is 2.45. The zero-order valence-corrected chi connectivity index (χ0v) is 9.32. The highest BCUT2D eigenvalue weighted by Crippen LogP contribution is 2.40. The first-order valence-electron chi connectivity index (χ1n) is 6.05. The molecule has 0 radical (unpaired) electrons. The third kappa shape index (κ3) is 2.03. The zero-order valence-electron chi connectivity index (χ0n) is 9.32. The molecule has 0 aromatic rings. The van der Waals surface area contributed by atoms with Gasteiger partial charge in [-0.1, -0.05) is 39.0 Å². The second kappa shape index (κ2) is 4.52. The molecule has 0 aromatic heterocycles. The predicted octanol–water partition coefficient (Wildman–Crippen LogP) is 1.74. The van der Waals surface area contributed by atoms with E-state index in [0.29, 0.717) is 5.92 Å². The number of cyclic esters (lactones) is 1. The van der Waals surface area contributed by atoms with Crippen LogP contribution in [0.25, 0.3) is 0 Å². The van der Waals surface area contributed by atoms with Crippen LogP contribution >= 0.6 is 0 Å². The molecule has 3 atom stereocenters. The van der Waals surface area contributed by atoms with Gasteiger partial charge in [-0.15, -0.1) is 0 Å². The van der Waals surface area contributed by atoms with Crippen LogP contribution in [-0.2, 0) is 9.53 Å². The average Bonchev–Trinajstić information content (AvgIpc) is 2.56. The molecule has 1 saturated heterocycles. The molecule has 2 fully saturated rings. The second-order valence-electron chi connectivity index (χ2n) is 4.92. The van der Waals surface area contributed by atoms with Crippen LogP contribution < -0.4 is 0 Å². The van der Waals surface area contributed by atoms with E-state index in [0.717, 1.165) is 0 Å². The molecule has 1 N–H and O–H groups in total. The number of esters is 1. The Balaban J connectivity index is 2.06. The standard InChI is InChI=1S/C12H20O3/c1-8-11(9-5-3-2-4-6-9)10(7-13)15-12(8)14/h8-11,13H,2-7H2,1H3/t8-,10+,11-/m0/s1. The lowest BCUT2D eigenvalue weighted by Gasteiger charge is -2.30. The Hall–Kier alpha value is -0.570. The zero-order chi connectivity index (χ0) is 10.8. The van der Waals surface area contributed by atoms with Gasteiger partial charge >= 0.3 is 5.97 Å². The Bertz CT molecular complexity index is 233. The molecule has 1 aliphatic carbocycles. The number of aliphatic hydroxyl groups is 1. The Morgan fingerprint density at radius 2 is 2.00 bits per heavy atom. The molecular formula is C12H20O3. The van der Waals surface area contributed by atoms with Crippen molar-refractivity contribution < 1.29 is 14.6 Å². The highest BCUT2D eigenvalue weighted by atomic mass is 16.6. The monoisotopic (exact) mass is 212 g/mol. The van der Waals surface area contributed by atoms with Crippen LogP contribution in [0.2, 0.25) is 0 Å². The van der Waals surface area contributed by atoms with Gasteiger partial charge in [0, 0.05) is 5.92 Å². The van der Waals surface area contributed by atoms with Gasteiger partial charge in [-0.3, -0.25) is 4.79 Å². The van der Waals surface area contributed by atoms with Gasteiger partial charge in [-0.25, -0.2) is 0 Å². The Morgan fingerprint density at radius 1 is 1.33 bits per heavy atom. The molecule has 1 aliphatic heterocycles. The second-order valence-corrected chi connectivity index (χ2v) is 4.92. The van der Waals surface area contributed by atoms with Crippen molar-refractivity contribution in [2.75, 3.05) is 6.61 Å². The van der Waals surface area contributed by atoms with E-state index in [2.05, 4.69) is 0 Å². The first kappa shape index (κ1) is 10.9. The predicted molar refractivity (Wildman–Crippen MR) is 56.2 cm³/mol. The van der Waals surface area contributed by atoms with Crippen LogP contribution in [0.1, 0.15) is 39.0 Å². The molecule has 86 valence electrons. The highest BCUT2D eigenvalue weighted by molar-refractivity contribution is 5.74. The maximum absolute atomic E-state index is 11.5. The lowest BCUT2D eigenvalue weighted by Crippen LogP contribution is -2.31. The molecule has 3 heteroatoms. The largest absolute Gasteiger partial charge is 0.459 e. The molecule has 0 amide bonds. The minimum atomic E-state index is -0.240. The number of rotatable bonds is 2. The fraction of sp³-hybridized carbons (Fsp3) is 0.917. The molecule has 2 rings (SSSR count). The summed E-state index contributed by atoms with van der Waals surface area (Å²) in [6.45, 7) is 1.93. The van der Waals surface area contributed by atoms with E-state index >= 15 is 0 Å². The van der Waals surface area contributed by atoms with E-state index in [-0.39, 0.29) is 30.5 Å². The van der Waals surface area contributed by atoms with Crippen molar-refractivity contribution in [3.8, 4) is 0 Å². The first-order valence-corrected chi connectivity index (χ1v) is 6.05. The summed E-state index contributed by atoms with van der Waals surface area (Å²) in [5.41, 5.74) is 0. The van der Waals surface area contributed by atoms with Gasteiger partial charge in [0.1, 0.15) is 6.10 Å². The van der Waals surface area contributed by atoms with Crippen LogP contribution in [0.5, 0.6) is 0 Å². The van der Waals surface area contributed by atoms with E-state index in [1.54, 1.807) is 0 Å². The van der Waals surface area contributed by atoms with Crippen molar-refractivity contribution in [2.45, 2.75) is 45.1 Å². The van der Waals surface area contributed by atoms with Crippen LogP contribution in [0.3, 0.4) is 0 Å². The SMILES string of the molecule is C[C@@H]1C(=O)O[C@H](CO)[C@@H]1C1CCCCC1. The van der Waals surface area contributed by atoms with E-state index < -0.39 is 0 Å². The number of aliphatic hydroxyl groups excluding tert-OH is 1. The topological polar surface area (TPSA) is 46.5 Å². The van der Waals surface area contributed by atoms with Crippen LogP contribution in [0.15, 0.2) is 0 Å². The van der Waals surface area contributed by atoms with E-state index in [1.807, 2.05) is 6.92 Å². The smallest absolute Gasteiger partial charge is 0.309 e. The fourth-order valence-electron chi connectivity index (χ4n) is 3.20. The van der Waals surface area contributed by atoms with Crippen molar-refractivity contribution in [2.24, 2.45) is 17.8 Å². The van der Waals surface area contributed by atoms with E-state index in [9.17, 15) is 9.90 Å². The summed E-state index contributed by atoms with van der Waals surface area (Å²) in [5.74, 6) is 0.690. The lowest BCUT2D eigenvalue weighted by atomic mass is 9.73. The third-order valence-corrected chi connectivity index (χ3v) is 4.02. The minimum absolute atomic E-state index is 0.0166. The minimum Gasteiger partial charge on any atom is -0.459 e. The van der Waals surface area contributed by atoms with Crippen molar-refractivity contribution in [3.63, 3.8) is 0 Å². The summed E-state index contributed by atoms with van der Waals surface area (Å²) >= 11 is 0. The van der Waals surface area contributed by atoms with E-state index in [1.165, 1.54) is 32.1 Å². The van der Waals surface area contributed by atoms with Crippen molar-refractivity contribution in [1.29, 1.82) is 0 Å². The fourth-order valence-corrected chi connectivity index (χ4v) is 3.20. The number of hydrogen-bond donors (Lipinski definition) is 1.